The van der Waals surface area contributed by atoms with Crippen LogP contribution in [-0.2, 0) is 11.3 Å². The van der Waals surface area contributed by atoms with Gasteiger partial charge in [-0.15, -0.1) is 0 Å². The molecule has 1 aliphatic rings. The van der Waals surface area contributed by atoms with E-state index in [2.05, 4.69) is 46.1 Å². The molecule has 0 unspecified atom stereocenters. The Labute approximate surface area is 117 Å². The molecule has 0 bridgehead atoms. The van der Waals surface area contributed by atoms with Crippen molar-refractivity contribution in [3.63, 3.8) is 0 Å². The highest BCUT2D eigenvalue weighted by Crippen LogP contribution is 2.25. The molecule has 0 atom stereocenters. The second kappa shape index (κ2) is 6.55. The number of benzene rings is 1. The fraction of sp³-hybridized carbons (Fsp3) is 0.571. The number of ether oxygens (including phenoxy) is 1. The molecule has 18 heavy (non-hydrogen) atoms. The zero-order chi connectivity index (χ0) is 13.0. The quantitative estimate of drug-likeness (QED) is 0.929. The molecule has 1 aliphatic heterocycles. The molecule has 0 amide bonds. The second-order valence-electron chi connectivity index (χ2n) is 4.91. The summed E-state index contributed by atoms with van der Waals surface area (Å²) in [7, 11) is 2.15. The largest absolute Gasteiger partial charge is 0.381 e. The third kappa shape index (κ3) is 3.46. The van der Waals surface area contributed by atoms with Crippen LogP contribution in [-0.4, -0.2) is 26.8 Å². The van der Waals surface area contributed by atoms with Crippen molar-refractivity contribution in [3.05, 3.63) is 28.2 Å². The first-order chi connectivity index (χ1) is 8.70. The monoisotopic (exact) mass is 312 g/mol. The number of anilines is 1. The first-order valence-electron chi connectivity index (χ1n) is 6.48. The average Bonchev–Trinajstić information content (AvgIpc) is 2.39. The van der Waals surface area contributed by atoms with E-state index >= 15 is 0 Å². The fourth-order valence-corrected chi connectivity index (χ4v) is 2.91. The highest BCUT2D eigenvalue weighted by Gasteiger charge is 2.17. The summed E-state index contributed by atoms with van der Waals surface area (Å²) in [6.45, 7) is 3.47. The van der Waals surface area contributed by atoms with Crippen molar-refractivity contribution in [1.82, 2.24) is 0 Å². The fourth-order valence-electron chi connectivity index (χ4n) is 2.50. The average molecular weight is 313 g/mol. The van der Waals surface area contributed by atoms with Crippen LogP contribution in [0.5, 0.6) is 0 Å². The van der Waals surface area contributed by atoms with Gasteiger partial charge in [-0.2, -0.15) is 0 Å². The first kappa shape index (κ1) is 13.8. The summed E-state index contributed by atoms with van der Waals surface area (Å²) in [6, 6.07) is 6.33. The van der Waals surface area contributed by atoms with Gasteiger partial charge >= 0.3 is 0 Å². The molecule has 0 radical (unpaired) electrons. The standard InChI is InChI=1S/C14H21BrN2O/c1-17(10-11-4-6-18-7-5-11)14-3-2-13(15)8-12(14)9-16/h2-3,8,11H,4-7,9-10,16H2,1H3. The van der Waals surface area contributed by atoms with Gasteiger partial charge < -0.3 is 15.4 Å². The maximum absolute atomic E-state index is 5.82. The van der Waals surface area contributed by atoms with Crippen LogP contribution < -0.4 is 10.6 Å². The summed E-state index contributed by atoms with van der Waals surface area (Å²) >= 11 is 3.49. The molecule has 1 aromatic carbocycles. The molecule has 0 spiro atoms. The molecule has 4 heteroatoms. The SMILES string of the molecule is CN(CC1CCOCC1)c1ccc(Br)cc1CN. The van der Waals surface area contributed by atoms with Crippen LogP contribution in [0.15, 0.2) is 22.7 Å². The van der Waals surface area contributed by atoms with Crippen molar-refractivity contribution < 1.29 is 4.74 Å². The van der Waals surface area contributed by atoms with Gasteiger partial charge in [0.1, 0.15) is 0 Å². The normalized spacial score (nSPS) is 16.8. The highest BCUT2D eigenvalue weighted by atomic mass is 79.9. The Bertz CT molecular complexity index is 391. The van der Waals surface area contributed by atoms with Crippen LogP contribution in [0.1, 0.15) is 18.4 Å². The molecule has 0 aromatic heterocycles. The Morgan fingerprint density at radius 1 is 1.39 bits per heavy atom. The van der Waals surface area contributed by atoms with Crippen molar-refractivity contribution >= 4 is 21.6 Å². The van der Waals surface area contributed by atoms with Gasteiger partial charge in [0.15, 0.2) is 0 Å². The van der Waals surface area contributed by atoms with Crippen LogP contribution in [0.3, 0.4) is 0 Å². The summed E-state index contributed by atoms with van der Waals surface area (Å²) < 4.78 is 6.49. The maximum atomic E-state index is 5.82. The molecule has 100 valence electrons. The molecule has 3 nitrogen and oxygen atoms in total. The van der Waals surface area contributed by atoms with Crippen LogP contribution in [0.2, 0.25) is 0 Å². The van der Waals surface area contributed by atoms with Gasteiger partial charge in [-0.1, -0.05) is 15.9 Å². The van der Waals surface area contributed by atoms with Crippen LogP contribution in [0.4, 0.5) is 5.69 Å². The highest BCUT2D eigenvalue weighted by molar-refractivity contribution is 9.10. The lowest BCUT2D eigenvalue weighted by Gasteiger charge is -2.29. The predicted octanol–water partition coefficient (Wildman–Crippen LogP) is 2.77. The van der Waals surface area contributed by atoms with Crippen molar-refractivity contribution in [2.24, 2.45) is 11.7 Å². The number of halogens is 1. The maximum Gasteiger partial charge on any atom is 0.0469 e. The van der Waals surface area contributed by atoms with Crippen molar-refractivity contribution in [1.29, 1.82) is 0 Å². The lowest BCUT2D eigenvalue weighted by Crippen LogP contribution is -2.30. The van der Waals surface area contributed by atoms with Gasteiger partial charge in [0.2, 0.25) is 0 Å². The Morgan fingerprint density at radius 2 is 2.11 bits per heavy atom. The minimum absolute atomic E-state index is 0.576. The van der Waals surface area contributed by atoms with E-state index in [1.54, 1.807) is 0 Å². The number of nitrogens with two attached hydrogens (primary N) is 1. The Morgan fingerprint density at radius 3 is 2.78 bits per heavy atom. The molecule has 0 saturated carbocycles. The zero-order valence-corrected chi connectivity index (χ0v) is 12.4. The number of hydrogen-bond donors (Lipinski definition) is 1. The second-order valence-corrected chi connectivity index (χ2v) is 5.83. The molecule has 1 heterocycles. The van der Waals surface area contributed by atoms with E-state index in [0.717, 1.165) is 30.1 Å². The minimum atomic E-state index is 0.576. The van der Waals surface area contributed by atoms with E-state index < -0.39 is 0 Å². The van der Waals surface area contributed by atoms with E-state index in [1.165, 1.54) is 24.1 Å². The molecule has 1 aromatic rings. The third-order valence-corrected chi connectivity index (χ3v) is 4.04. The molecule has 0 aliphatic carbocycles. The number of hydrogen-bond acceptors (Lipinski definition) is 3. The van der Waals surface area contributed by atoms with Crippen molar-refractivity contribution in [2.75, 3.05) is 31.7 Å². The van der Waals surface area contributed by atoms with Crippen molar-refractivity contribution in [2.45, 2.75) is 19.4 Å². The van der Waals surface area contributed by atoms with E-state index in [9.17, 15) is 0 Å². The van der Waals surface area contributed by atoms with E-state index in [0.29, 0.717) is 6.54 Å². The summed E-state index contributed by atoms with van der Waals surface area (Å²) in [5.41, 5.74) is 8.26. The van der Waals surface area contributed by atoms with Crippen LogP contribution in [0, 0.1) is 5.92 Å². The first-order valence-corrected chi connectivity index (χ1v) is 7.27. The molecule has 2 N–H and O–H groups in total. The van der Waals surface area contributed by atoms with Gasteiger partial charge in [0.05, 0.1) is 0 Å². The van der Waals surface area contributed by atoms with Gasteiger partial charge in [-0.25, -0.2) is 0 Å². The van der Waals surface area contributed by atoms with Crippen molar-refractivity contribution in [3.8, 4) is 0 Å². The van der Waals surface area contributed by atoms with E-state index in [-0.39, 0.29) is 0 Å². The number of rotatable bonds is 4. The Balaban J connectivity index is 2.05. The van der Waals surface area contributed by atoms with Gasteiger partial charge in [-0.05, 0) is 42.5 Å². The van der Waals surface area contributed by atoms with Gasteiger partial charge in [0.25, 0.3) is 0 Å². The zero-order valence-electron chi connectivity index (χ0n) is 10.9. The topological polar surface area (TPSA) is 38.5 Å². The summed E-state index contributed by atoms with van der Waals surface area (Å²) in [5, 5.41) is 0. The Kier molecular flexibility index (Phi) is 5.03. The lowest BCUT2D eigenvalue weighted by atomic mass is 9.99. The van der Waals surface area contributed by atoms with Gasteiger partial charge in [0, 0.05) is 43.5 Å². The van der Waals surface area contributed by atoms with E-state index in [4.69, 9.17) is 10.5 Å². The molecule has 1 saturated heterocycles. The summed E-state index contributed by atoms with van der Waals surface area (Å²) in [4.78, 5) is 2.32. The molecular formula is C14H21BrN2O. The number of nitrogens with zero attached hydrogens (tertiary/aromatic N) is 1. The molecule has 2 rings (SSSR count). The predicted molar refractivity (Wildman–Crippen MR) is 78.8 cm³/mol. The minimum Gasteiger partial charge on any atom is -0.381 e. The summed E-state index contributed by atoms with van der Waals surface area (Å²) in [6.07, 6.45) is 2.33. The lowest BCUT2D eigenvalue weighted by molar-refractivity contribution is 0.0685. The van der Waals surface area contributed by atoms with E-state index in [1.807, 2.05) is 0 Å². The molecule has 1 fully saturated rings. The summed E-state index contributed by atoms with van der Waals surface area (Å²) in [5.74, 6) is 0.734. The third-order valence-electron chi connectivity index (χ3n) is 3.55. The smallest absolute Gasteiger partial charge is 0.0469 e. The van der Waals surface area contributed by atoms with Gasteiger partial charge in [-0.3, -0.25) is 0 Å². The molecular weight excluding hydrogens is 292 g/mol. The van der Waals surface area contributed by atoms with Crippen LogP contribution >= 0.6 is 15.9 Å². The van der Waals surface area contributed by atoms with Crippen LogP contribution in [0.25, 0.3) is 0 Å². The Hall–Kier alpha value is -0.580.